The van der Waals surface area contributed by atoms with Crippen LogP contribution in [0.5, 0.6) is 0 Å². The zero-order valence-electron chi connectivity index (χ0n) is 16.7. The minimum Gasteiger partial charge on any atom is -0.348 e. The van der Waals surface area contributed by atoms with Gasteiger partial charge in [0.05, 0.1) is 12.0 Å². The molecule has 3 rings (SSSR count). The van der Waals surface area contributed by atoms with Crippen LogP contribution in [0.2, 0.25) is 0 Å². The summed E-state index contributed by atoms with van der Waals surface area (Å²) in [6, 6.07) is 0. The molecule has 0 atom stereocenters. The van der Waals surface area contributed by atoms with Gasteiger partial charge in [-0.3, -0.25) is 9.59 Å². The van der Waals surface area contributed by atoms with Gasteiger partial charge in [-0.1, -0.05) is 42.6 Å². The second-order valence-corrected chi connectivity index (χ2v) is 7.82. The zero-order valence-corrected chi connectivity index (χ0v) is 16.7. The van der Waals surface area contributed by atoms with Gasteiger partial charge in [-0.2, -0.15) is 0 Å². The van der Waals surface area contributed by atoms with E-state index >= 15 is 0 Å². The van der Waals surface area contributed by atoms with Gasteiger partial charge in [-0.05, 0) is 17.7 Å². The maximum Gasteiger partial charge on any atom is 0.272 e. The van der Waals surface area contributed by atoms with Crippen molar-refractivity contribution in [3.8, 4) is 0 Å². The van der Waals surface area contributed by atoms with E-state index in [4.69, 9.17) is 31.4 Å². The van der Waals surface area contributed by atoms with E-state index in [9.17, 15) is 14.0 Å². The molecule has 0 saturated heterocycles. The molecule has 6 nitrogen and oxygen atoms in total. The van der Waals surface area contributed by atoms with Crippen molar-refractivity contribution in [3.63, 3.8) is 0 Å². The smallest absolute Gasteiger partial charge is 0.272 e. The van der Waals surface area contributed by atoms with E-state index in [1.165, 1.54) is 18.5 Å². The number of H-pyrrole nitrogens is 3. The highest BCUT2D eigenvalue weighted by Gasteiger charge is 2.19. The number of imidazole rings is 1. The third kappa shape index (κ3) is 3.88. The molecule has 142 valence electrons. The van der Waals surface area contributed by atoms with Crippen molar-refractivity contribution in [1.29, 1.82) is 0 Å². The third-order valence-corrected chi connectivity index (χ3v) is 4.61. The number of hydrogen-bond donors (Lipinski definition) is 3. The zero-order chi connectivity index (χ0) is 22.4. The van der Waals surface area contributed by atoms with Crippen molar-refractivity contribution in [3.05, 3.63) is 60.5 Å². The molecule has 3 N–H and O–H groups in total. The number of halogens is 1. The van der Waals surface area contributed by atoms with Crippen molar-refractivity contribution in [2.45, 2.75) is 26.2 Å². The lowest BCUT2D eigenvalue weighted by atomic mass is 9.67. The van der Waals surface area contributed by atoms with Crippen LogP contribution in [-0.2, 0) is 5.41 Å². The van der Waals surface area contributed by atoms with Gasteiger partial charge < -0.3 is 15.0 Å². The monoisotopic (exact) mass is 394 g/mol. The minimum atomic E-state index is -0.942. The lowest BCUT2D eigenvalue weighted by Crippen LogP contribution is -2.49. The average Bonchev–Trinajstić information content (AvgIpc) is 3.14. The second kappa shape index (κ2) is 7.70. The van der Waals surface area contributed by atoms with Gasteiger partial charge >= 0.3 is 0 Å². The molecule has 0 spiro atoms. The first kappa shape index (κ1) is 21.7. The topological polar surface area (TPSA) is 94.4 Å². The molecule has 2 aromatic heterocycles. The van der Waals surface area contributed by atoms with Crippen molar-refractivity contribution in [1.82, 2.24) is 19.9 Å². The molecule has 30 heavy (non-hydrogen) atoms. The maximum atomic E-state index is 13.9. The Labute approximate surface area is 176 Å². The molecule has 0 aliphatic rings. The van der Waals surface area contributed by atoms with Crippen LogP contribution in [0, 0.1) is 5.82 Å². The Bertz CT molecular complexity index is 1350. The van der Waals surface area contributed by atoms with Gasteiger partial charge in [0, 0.05) is 11.1 Å². The molecule has 0 unspecified atom stereocenters. The van der Waals surface area contributed by atoms with Crippen molar-refractivity contribution in [2.75, 3.05) is 0 Å². The van der Waals surface area contributed by atoms with Crippen LogP contribution >= 0.6 is 0 Å². The van der Waals surface area contributed by atoms with E-state index in [2.05, 4.69) is 19.9 Å². The number of nitrogens with zero attached hydrogens (tertiary/aromatic N) is 1. The average molecular weight is 394 g/mol. The normalized spacial score (nSPS) is 13.2. The predicted molar refractivity (Wildman–Crippen MR) is 119 cm³/mol. The molecular weight excluding hydrogens is 378 g/mol. The first-order valence-electron chi connectivity index (χ1n) is 8.93. The van der Waals surface area contributed by atoms with Crippen molar-refractivity contribution >= 4 is 65.4 Å². The molecular formula is C19H15B4FN4O2. The summed E-state index contributed by atoms with van der Waals surface area (Å²) in [5.41, 5.74) is -1.29. The molecule has 0 bridgehead atoms. The largest absolute Gasteiger partial charge is 0.348 e. The molecule has 1 aromatic carbocycles. The Kier molecular flexibility index (Phi) is 5.58. The molecule has 2 heterocycles. The second-order valence-electron chi connectivity index (χ2n) is 7.82. The number of hydrogen-bond acceptors (Lipinski definition) is 3. The van der Waals surface area contributed by atoms with Gasteiger partial charge in [0.2, 0.25) is 0 Å². The van der Waals surface area contributed by atoms with Crippen molar-refractivity contribution < 1.29 is 4.39 Å². The molecule has 0 aliphatic carbocycles. The standard InChI is InChI=1S/C19H15B4FN4O2/c1-19(2,3)16-8(25-6-26-16)5-10-18(30)27-9(17(29)28-10)4-7-11(20)13(22)15(24)14(23)12(7)21/h4-6H,1-3H3,(H,25,26)(H,27,30)(H,28,29)/b9-4-,10-5-. The summed E-state index contributed by atoms with van der Waals surface area (Å²) in [5, 5.41) is -0.146. The van der Waals surface area contributed by atoms with Gasteiger partial charge in [-0.25, -0.2) is 9.37 Å². The van der Waals surface area contributed by atoms with E-state index in [0.29, 0.717) is 5.69 Å². The fourth-order valence-corrected chi connectivity index (χ4v) is 2.96. The lowest BCUT2D eigenvalue weighted by Gasteiger charge is -2.16. The number of benzene rings is 1. The summed E-state index contributed by atoms with van der Waals surface area (Å²) in [5.74, 6) is -0.942. The van der Waals surface area contributed by atoms with Gasteiger partial charge in [0.1, 0.15) is 47.9 Å². The van der Waals surface area contributed by atoms with Crippen LogP contribution in [0.4, 0.5) is 4.39 Å². The van der Waals surface area contributed by atoms with Crippen LogP contribution in [0.25, 0.3) is 12.2 Å². The lowest BCUT2D eigenvalue weighted by molar-refractivity contribution is 0.571. The van der Waals surface area contributed by atoms with Gasteiger partial charge in [-0.15, -0.1) is 0 Å². The molecule has 0 saturated carbocycles. The van der Waals surface area contributed by atoms with E-state index in [-0.39, 0.29) is 32.6 Å². The summed E-state index contributed by atoms with van der Waals surface area (Å²) < 4.78 is 13.9. The summed E-state index contributed by atoms with van der Waals surface area (Å²) >= 11 is 0. The molecule has 0 amide bonds. The molecule has 0 fully saturated rings. The summed E-state index contributed by atoms with van der Waals surface area (Å²) in [6.07, 6.45) is 4.17. The number of nitrogens with one attached hydrogen (secondary N) is 3. The van der Waals surface area contributed by atoms with Crippen LogP contribution < -0.4 is 43.7 Å². The van der Waals surface area contributed by atoms with E-state index < -0.39 is 27.9 Å². The molecule has 0 aliphatic heterocycles. The Morgan fingerprint density at radius 1 is 0.900 bits per heavy atom. The van der Waals surface area contributed by atoms with Gasteiger partial charge in [0.15, 0.2) is 0 Å². The Balaban J connectivity index is 2.23. The van der Waals surface area contributed by atoms with Crippen LogP contribution in [0.15, 0.2) is 15.9 Å². The Morgan fingerprint density at radius 3 is 1.90 bits per heavy atom. The van der Waals surface area contributed by atoms with Gasteiger partial charge in [0.25, 0.3) is 11.1 Å². The highest BCUT2D eigenvalue weighted by Crippen LogP contribution is 2.22. The summed E-state index contributed by atoms with van der Waals surface area (Å²) in [6.45, 7) is 5.95. The maximum absolute atomic E-state index is 13.9. The predicted octanol–water partition coefficient (Wildman–Crippen LogP) is -3.94. The number of rotatable bonds is 2. The highest BCUT2D eigenvalue weighted by molar-refractivity contribution is 6.57. The molecule has 3 aromatic rings. The highest BCUT2D eigenvalue weighted by atomic mass is 19.1. The number of aromatic nitrogens is 4. The van der Waals surface area contributed by atoms with E-state index in [0.717, 1.165) is 5.69 Å². The summed E-state index contributed by atoms with van der Waals surface area (Å²) in [7, 11) is 22.8. The fourth-order valence-electron chi connectivity index (χ4n) is 2.96. The molecule has 8 radical (unpaired) electrons. The third-order valence-electron chi connectivity index (χ3n) is 4.61. The number of aromatic amines is 3. The summed E-state index contributed by atoms with van der Waals surface area (Å²) in [4.78, 5) is 37.3. The SMILES string of the molecule is [B]c1c([B])c(/C=c2\[nH]c(=O)/c(=C/c3nc[nH]c3C(C)(C)C)[nH]c2=O)c([B])c([B])c1F. The Morgan fingerprint density at radius 2 is 1.40 bits per heavy atom. The van der Waals surface area contributed by atoms with E-state index in [1.54, 1.807) is 0 Å². The molecule has 11 heteroatoms. The van der Waals surface area contributed by atoms with Crippen LogP contribution in [0.1, 0.15) is 37.7 Å². The first-order valence-corrected chi connectivity index (χ1v) is 8.93. The van der Waals surface area contributed by atoms with Crippen LogP contribution in [-0.4, -0.2) is 51.3 Å². The first-order chi connectivity index (χ1) is 13.9. The van der Waals surface area contributed by atoms with Crippen LogP contribution in [0.3, 0.4) is 0 Å². The van der Waals surface area contributed by atoms with E-state index in [1.807, 2.05) is 20.8 Å². The fraction of sp³-hybridized carbons (Fsp3) is 0.211. The quantitative estimate of drug-likeness (QED) is 0.388. The van der Waals surface area contributed by atoms with Crippen molar-refractivity contribution in [2.24, 2.45) is 0 Å². The minimum absolute atomic E-state index is 0.00817. The Hall–Kier alpha value is -2.96.